The van der Waals surface area contributed by atoms with Crippen molar-refractivity contribution in [2.24, 2.45) is 0 Å². The third kappa shape index (κ3) is 10.4. The molecule has 0 aliphatic rings. The number of nitrogens with one attached hydrogen (secondary N) is 2. The maximum absolute atomic E-state index is 12.5. The van der Waals surface area contributed by atoms with Gasteiger partial charge in [-0.15, -0.1) is 20.4 Å². The van der Waals surface area contributed by atoms with E-state index in [0.29, 0.717) is 57.8 Å². The molecule has 0 atom stereocenters. The van der Waals surface area contributed by atoms with Gasteiger partial charge in [0.05, 0.1) is 0 Å². The van der Waals surface area contributed by atoms with E-state index in [1.54, 1.807) is 13.8 Å². The zero-order chi connectivity index (χ0) is 42.2. The summed E-state index contributed by atoms with van der Waals surface area (Å²) >= 11 is 12.0. The van der Waals surface area contributed by atoms with Gasteiger partial charge in [0.1, 0.15) is 0 Å². The SMILES string of the molecule is Cc1nnc(-c2ccc(C)c(-c3ccc(C(=O)NCc4cccc(Cl)c4)cc3)c2)o1.Cc1nnc(-c2ccc(C)c(-c3ccc(C(=O)NCc4cccc(Cl)c4)cc3)c2)o1. The maximum Gasteiger partial charge on any atom is 0.251 e. The van der Waals surface area contributed by atoms with Crippen LogP contribution in [-0.4, -0.2) is 32.2 Å². The Hall–Kier alpha value is -6.88. The molecule has 0 aliphatic heterocycles. The van der Waals surface area contributed by atoms with Crippen LogP contribution in [0.4, 0.5) is 0 Å². The van der Waals surface area contributed by atoms with Crippen molar-refractivity contribution < 1.29 is 18.4 Å². The van der Waals surface area contributed by atoms with Crippen LogP contribution in [0.3, 0.4) is 0 Å². The predicted octanol–water partition coefficient (Wildman–Crippen LogP) is 11.2. The lowest BCUT2D eigenvalue weighted by Gasteiger charge is -2.10. The summed E-state index contributed by atoms with van der Waals surface area (Å²) in [6, 6.07) is 42.0. The molecule has 300 valence electrons. The average Bonchev–Trinajstić information content (AvgIpc) is 3.90. The van der Waals surface area contributed by atoms with Gasteiger partial charge >= 0.3 is 0 Å². The molecule has 0 radical (unpaired) electrons. The zero-order valence-electron chi connectivity index (χ0n) is 33.3. The predicted molar refractivity (Wildman–Crippen MR) is 235 cm³/mol. The molecule has 2 aromatic heterocycles. The van der Waals surface area contributed by atoms with Gasteiger partial charge in [-0.3, -0.25) is 9.59 Å². The minimum atomic E-state index is -0.131. The highest BCUT2D eigenvalue weighted by atomic mass is 35.5. The van der Waals surface area contributed by atoms with E-state index >= 15 is 0 Å². The van der Waals surface area contributed by atoms with Crippen molar-refractivity contribution in [1.29, 1.82) is 0 Å². The van der Waals surface area contributed by atoms with Crippen LogP contribution in [0.2, 0.25) is 10.0 Å². The Bertz CT molecular complexity index is 2590. The lowest BCUT2D eigenvalue weighted by Crippen LogP contribution is -2.22. The summed E-state index contributed by atoms with van der Waals surface area (Å²) in [6.07, 6.45) is 0. The fourth-order valence-corrected chi connectivity index (χ4v) is 6.85. The smallest absolute Gasteiger partial charge is 0.251 e. The van der Waals surface area contributed by atoms with Gasteiger partial charge < -0.3 is 19.5 Å². The molecule has 0 saturated carbocycles. The van der Waals surface area contributed by atoms with Crippen molar-refractivity contribution in [3.63, 3.8) is 0 Å². The molecular weight excluding hydrogens is 795 g/mol. The molecular formula is C48H40Cl2N6O4. The Balaban J connectivity index is 0.000000181. The van der Waals surface area contributed by atoms with Gasteiger partial charge in [-0.2, -0.15) is 0 Å². The Labute approximate surface area is 357 Å². The second-order valence-electron chi connectivity index (χ2n) is 14.1. The molecule has 10 nitrogen and oxygen atoms in total. The number of amides is 2. The monoisotopic (exact) mass is 834 g/mol. The van der Waals surface area contributed by atoms with E-state index in [2.05, 4.69) is 31.0 Å². The second-order valence-corrected chi connectivity index (χ2v) is 15.0. The van der Waals surface area contributed by atoms with Gasteiger partial charge in [0.25, 0.3) is 11.8 Å². The van der Waals surface area contributed by atoms with Crippen molar-refractivity contribution in [2.45, 2.75) is 40.8 Å². The number of nitrogens with zero attached hydrogens (tertiary/aromatic N) is 4. The number of rotatable bonds is 10. The van der Waals surface area contributed by atoms with Gasteiger partial charge in [0, 0.05) is 59.2 Å². The second kappa shape index (κ2) is 18.8. The third-order valence-corrected chi connectivity index (χ3v) is 10.1. The number of benzene rings is 6. The number of hydrogen-bond acceptors (Lipinski definition) is 8. The van der Waals surface area contributed by atoms with Gasteiger partial charge in [-0.1, -0.05) is 83.9 Å². The van der Waals surface area contributed by atoms with Crippen LogP contribution >= 0.6 is 23.2 Å². The minimum absolute atomic E-state index is 0.131. The molecule has 60 heavy (non-hydrogen) atoms. The summed E-state index contributed by atoms with van der Waals surface area (Å²) in [4.78, 5) is 25.0. The van der Waals surface area contributed by atoms with Crippen LogP contribution in [0.25, 0.3) is 45.2 Å². The molecule has 2 N–H and O–H groups in total. The number of carbonyl (C=O) groups is 2. The molecule has 8 aromatic rings. The number of aromatic nitrogens is 4. The van der Waals surface area contributed by atoms with E-state index in [1.807, 2.05) is 147 Å². The fourth-order valence-electron chi connectivity index (χ4n) is 6.42. The van der Waals surface area contributed by atoms with E-state index in [9.17, 15) is 9.59 Å². The first kappa shape index (κ1) is 41.3. The van der Waals surface area contributed by atoms with Crippen molar-refractivity contribution >= 4 is 35.0 Å². The molecule has 0 aliphatic carbocycles. The van der Waals surface area contributed by atoms with Gasteiger partial charge in [0.2, 0.25) is 23.6 Å². The number of aryl methyl sites for hydroxylation is 4. The highest BCUT2D eigenvalue weighted by Gasteiger charge is 2.13. The van der Waals surface area contributed by atoms with Gasteiger partial charge in [-0.05, 0) is 131 Å². The summed E-state index contributed by atoms with van der Waals surface area (Å²) in [5, 5.41) is 23.1. The number of hydrogen-bond donors (Lipinski definition) is 2. The fraction of sp³-hybridized carbons (Fsp3) is 0.125. The van der Waals surface area contributed by atoms with Crippen LogP contribution in [0.15, 0.2) is 142 Å². The first-order valence-electron chi connectivity index (χ1n) is 19.1. The van der Waals surface area contributed by atoms with E-state index in [-0.39, 0.29) is 11.8 Å². The van der Waals surface area contributed by atoms with Crippen LogP contribution in [0.5, 0.6) is 0 Å². The molecule has 8 rings (SSSR count). The molecule has 2 amide bonds. The first-order valence-corrected chi connectivity index (χ1v) is 19.8. The van der Waals surface area contributed by atoms with Crippen LogP contribution in [0, 0.1) is 27.7 Å². The quantitative estimate of drug-likeness (QED) is 0.139. The molecule has 0 bridgehead atoms. The molecule has 0 spiro atoms. The summed E-state index contributed by atoms with van der Waals surface area (Å²) in [5.41, 5.74) is 11.2. The van der Waals surface area contributed by atoms with Crippen LogP contribution in [0.1, 0.15) is 54.8 Å². The average molecular weight is 836 g/mol. The first-order chi connectivity index (χ1) is 29.0. The van der Waals surface area contributed by atoms with E-state index < -0.39 is 0 Å². The molecule has 0 saturated heterocycles. The largest absolute Gasteiger partial charge is 0.421 e. The summed E-state index contributed by atoms with van der Waals surface area (Å²) in [7, 11) is 0. The Morgan fingerprint density at radius 2 is 0.867 bits per heavy atom. The normalized spacial score (nSPS) is 10.8. The number of carbonyl (C=O) groups excluding carboxylic acids is 2. The van der Waals surface area contributed by atoms with Crippen molar-refractivity contribution in [3.05, 3.63) is 189 Å². The van der Waals surface area contributed by atoms with E-state index in [1.165, 1.54) is 0 Å². The number of halogens is 2. The van der Waals surface area contributed by atoms with E-state index in [0.717, 1.165) is 55.6 Å². The lowest BCUT2D eigenvalue weighted by atomic mass is 9.97. The van der Waals surface area contributed by atoms with E-state index in [4.69, 9.17) is 32.0 Å². The Morgan fingerprint density at radius 1 is 0.483 bits per heavy atom. The van der Waals surface area contributed by atoms with Gasteiger partial charge in [-0.25, -0.2) is 0 Å². The summed E-state index contributed by atoms with van der Waals surface area (Å²) in [5.74, 6) is 1.78. The molecule has 12 heteroatoms. The van der Waals surface area contributed by atoms with Crippen molar-refractivity contribution in [1.82, 2.24) is 31.0 Å². The summed E-state index contributed by atoms with van der Waals surface area (Å²) in [6.45, 7) is 8.47. The highest BCUT2D eigenvalue weighted by molar-refractivity contribution is 6.30. The standard InChI is InChI=1S/2C24H20ClN3O2/c2*1-15-6-7-20(24-28-27-16(2)30-24)13-22(15)18-8-10-19(11-9-18)23(29)26-14-17-4-3-5-21(25)12-17/h2*3-13H,14H2,1-2H3,(H,26,29). The van der Waals surface area contributed by atoms with Gasteiger partial charge in [0.15, 0.2) is 0 Å². The van der Waals surface area contributed by atoms with Crippen molar-refractivity contribution in [2.75, 3.05) is 0 Å². The molecule has 6 aromatic carbocycles. The maximum atomic E-state index is 12.5. The molecule has 0 fully saturated rings. The Morgan fingerprint density at radius 3 is 1.22 bits per heavy atom. The van der Waals surface area contributed by atoms with Crippen LogP contribution < -0.4 is 10.6 Å². The molecule has 0 unspecified atom stereocenters. The van der Waals surface area contributed by atoms with Crippen molar-refractivity contribution in [3.8, 4) is 45.2 Å². The topological polar surface area (TPSA) is 136 Å². The van der Waals surface area contributed by atoms with Crippen LogP contribution in [-0.2, 0) is 13.1 Å². The third-order valence-electron chi connectivity index (χ3n) is 9.62. The Kier molecular flexibility index (Phi) is 12.9. The molecule has 2 heterocycles. The zero-order valence-corrected chi connectivity index (χ0v) is 34.8. The highest BCUT2D eigenvalue weighted by Crippen LogP contribution is 2.31. The minimum Gasteiger partial charge on any atom is -0.421 e. The summed E-state index contributed by atoms with van der Waals surface area (Å²) < 4.78 is 11.1. The lowest BCUT2D eigenvalue weighted by molar-refractivity contribution is 0.0943.